The fraction of sp³-hybridized carbons (Fsp3) is 0.500. The summed E-state index contributed by atoms with van der Waals surface area (Å²) in [5, 5.41) is 0. The second-order valence-corrected chi connectivity index (χ2v) is 9.44. The number of piperidine rings is 1. The molecule has 0 unspecified atom stereocenters. The normalized spacial score (nSPS) is 22.6. The summed E-state index contributed by atoms with van der Waals surface area (Å²) in [7, 11) is 0. The van der Waals surface area contributed by atoms with Crippen molar-refractivity contribution in [3.63, 3.8) is 0 Å². The van der Waals surface area contributed by atoms with Gasteiger partial charge < -0.3 is 15.5 Å². The van der Waals surface area contributed by atoms with Crippen LogP contribution in [-0.2, 0) is 11.2 Å². The molecule has 3 heterocycles. The summed E-state index contributed by atoms with van der Waals surface area (Å²) in [5.74, 6) is 1.02. The highest BCUT2D eigenvalue weighted by Crippen LogP contribution is 2.42. The predicted octanol–water partition coefficient (Wildman–Crippen LogP) is 3.78. The fourth-order valence-corrected chi connectivity index (χ4v) is 5.30. The van der Waals surface area contributed by atoms with E-state index in [1.165, 1.54) is 5.56 Å². The van der Waals surface area contributed by atoms with Crippen LogP contribution >= 0.6 is 0 Å². The first-order valence-electron chi connectivity index (χ1n) is 11.8. The molecule has 0 aliphatic carbocycles. The Kier molecular flexibility index (Phi) is 6.77. The Labute approximate surface area is 190 Å². The smallest absolute Gasteiger partial charge is 0.255 e. The number of nitrogens with zero attached hydrogens (tertiary/aromatic N) is 3. The zero-order valence-corrected chi connectivity index (χ0v) is 19.0. The largest absolute Gasteiger partial charge is 0.384 e. The molecule has 2 aliphatic heterocycles. The minimum atomic E-state index is -0.342. The standard InChI is InChI=1S/C26H34N4O2/c1-26(14-5-6-15-30(25(26)32)16-11-20-7-3-2-4-8-20)22-12-17-29(18-13-22)24(31)21-9-10-23(27)28-19-21/h2-4,7-10,19,22H,5-6,11-18H2,1H3,(H2,27,28)/t26-/m1/s1. The molecule has 2 aliphatic rings. The first-order chi connectivity index (χ1) is 15.5. The van der Waals surface area contributed by atoms with Crippen LogP contribution in [0.15, 0.2) is 48.7 Å². The zero-order chi connectivity index (χ0) is 22.6. The number of pyridine rings is 1. The van der Waals surface area contributed by atoms with Crippen LogP contribution in [0.2, 0.25) is 0 Å². The number of carbonyl (C=O) groups is 2. The van der Waals surface area contributed by atoms with Crippen molar-refractivity contribution in [3.8, 4) is 0 Å². The molecule has 2 amide bonds. The summed E-state index contributed by atoms with van der Waals surface area (Å²) in [6, 6.07) is 13.8. The van der Waals surface area contributed by atoms with E-state index in [2.05, 4.69) is 41.1 Å². The summed E-state index contributed by atoms with van der Waals surface area (Å²) in [5.41, 5.74) is 7.14. The zero-order valence-electron chi connectivity index (χ0n) is 19.0. The van der Waals surface area contributed by atoms with E-state index < -0.39 is 0 Å². The van der Waals surface area contributed by atoms with Gasteiger partial charge in [-0.15, -0.1) is 0 Å². The van der Waals surface area contributed by atoms with Gasteiger partial charge in [0.05, 0.1) is 5.56 Å². The molecule has 6 nitrogen and oxygen atoms in total. The van der Waals surface area contributed by atoms with Crippen LogP contribution in [0, 0.1) is 11.3 Å². The van der Waals surface area contributed by atoms with Crippen LogP contribution in [0.5, 0.6) is 0 Å². The number of anilines is 1. The molecule has 6 heteroatoms. The highest BCUT2D eigenvalue weighted by Gasteiger charge is 2.45. The number of carbonyl (C=O) groups excluding carboxylic acids is 2. The molecule has 1 aromatic carbocycles. The Hall–Kier alpha value is -2.89. The third-order valence-corrected chi connectivity index (χ3v) is 7.38. The maximum atomic E-state index is 13.7. The Bertz CT molecular complexity index is 923. The van der Waals surface area contributed by atoms with Crippen molar-refractivity contribution in [2.45, 2.75) is 45.4 Å². The molecule has 0 bridgehead atoms. The molecule has 2 aromatic rings. The maximum absolute atomic E-state index is 13.7. The van der Waals surface area contributed by atoms with Gasteiger partial charge in [-0.25, -0.2) is 4.98 Å². The minimum Gasteiger partial charge on any atom is -0.384 e. The van der Waals surface area contributed by atoms with Crippen LogP contribution in [0.3, 0.4) is 0 Å². The molecule has 2 fully saturated rings. The number of nitrogen functional groups attached to an aromatic ring is 1. The fourth-order valence-electron chi connectivity index (χ4n) is 5.30. The topological polar surface area (TPSA) is 79.5 Å². The molecule has 0 spiro atoms. The lowest BCUT2D eigenvalue weighted by Crippen LogP contribution is -2.49. The molecule has 1 aromatic heterocycles. The Morgan fingerprint density at radius 3 is 2.53 bits per heavy atom. The molecule has 2 saturated heterocycles. The first-order valence-corrected chi connectivity index (χ1v) is 11.8. The molecule has 0 saturated carbocycles. The number of aromatic nitrogens is 1. The number of nitrogens with two attached hydrogens (primary N) is 1. The quantitative estimate of drug-likeness (QED) is 0.777. The number of hydrogen-bond donors (Lipinski definition) is 1. The van der Waals surface area contributed by atoms with Crippen molar-refractivity contribution in [2.24, 2.45) is 11.3 Å². The van der Waals surface area contributed by atoms with Gasteiger partial charge in [0.2, 0.25) is 5.91 Å². The van der Waals surface area contributed by atoms with Gasteiger partial charge in [0.1, 0.15) is 5.82 Å². The van der Waals surface area contributed by atoms with Gasteiger partial charge in [-0.3, -0.25) is 9.59 Å². The average molecular weight is 435 g/mol. The van der Waals surface area contributed by atoms with Crippen molar-refractivity contribution in [2.75, 3.05) is 31.9 Å². The third kappa shape index (κ3) is 4.79. The molecule has 1 atom stereocenters. The van der Waals surface area contributed by atoms with Crippen molar-refractivity contribution in [3.05, 3.63) is 59.8 Å². The molecular weight excluding hydrogens is 400 g/mol. The second-order valence-electron chi connectivity index (χ2n) is 9.44. The van der Waals surface area contributed by atoms with E-state index in [0.717, 1.165) is 51.6 Å². The number of rotatable bonds is 5. The van der Waals surface area contributed by atoms with Gasteiger partial charge in [0.15, 0.2) is 0 Å². The van der Waals surface area contributed by atoms with E-state index in [-0.39, 0.29) is 11.3 Å². The summed E-state index contributed by atoms with van der Waals surface area (Å²) < 4.78 is 0. The van der Waals surface area contributed by atoms with Gasteiger partial charge >= 0.3 is 0 Å². The van der Waals surface area contributed by atoms with E-state index in [4.69, 9.17) is 5.73 Å². The molecule has 4 rings (SSSR count). The Morgan fingerprint density at radius 1 is 1.09 bits per heavy atom. The van der Waals surface area contributed by atoms with Gasteiger partial charge in [-0.2, -0.15) is 0 Å². The number of hydrogen-bond acceptors (Lipinski definition) is 4. The van der Waals surface area contributed by atoms with Crippen LogP contribution in [0.4, 0.5) is 5.82 Å². The number of benzene rings is 1. The molecule has 0 radical (unpaired) electrons. The van der Waals surface area contributed by atoms with Crippen LogP contribution in [0.1, 0.15) is 54.9 Å². The van der Waals surface area contributed by atoms with Crippen molar-refractivity contribution < 1.29 is 9.59 Å². The highest BCUT2D eigenvalue weighted by molar-refractivity contribution is 5.94. The van der Waals surface area contributed by atoms with E-state index in [1.54, 1.807) is 18.3 Å². The van der Waals surface area contributed by atoms with E-state index >= 15 is 0 Å². The lowest BCUT2D eigenvalue weighted by atomic mass is 9.69. The highest BCUT2D eigenvalue weighted by atomic mass is 16.2. The van der Waals surface area contributed by atoms with E-state index in [0.29, 0.717) is 36.3 Å². The lowest BCUT2D eigenvalue weighted by Gasteiger charge is -2.43. The van der Waals surface area contributed by atoms with Gasteiger partial charge in [-0.1, -0.05) is 43.7 Å². The number of amides is 2. The molecule has 32 heavy (non-hydrogen) atoms. The second kappa shape index (κ2) is 9.72. The van der Waals surface area contributed by atoms with Gasteiger partial charge in [-0.05, 0) is 55.7 Å². The monoisotopic (exact) mass is 434 g/mol. The Balaban J connectivity index is 1.39. The minimum absolute atomic E-state index is 0.00205. The average Bonchev–Trinajstić information content (AvgIpc) is 2.97. The Morgan fingerprint density at radius 2 is 1.84 bits per heavy atom. The SMILES string of the molecule is C[C@]1(C2CCN(C(=O)c3ccc(N)nc3)CC2)CCCCN(CCc2ccccc2)C1=O. The van der Waals surface area contributed by atoms with Crippen LogP contribution in [0.25, 0.3) is 0 Å². The van der Waals surface area contributed by atoms with E-state index in [1.807, 2.05) is 11.0 Å². The summed E-state index contributed by atoms with van der Waals surface area (Å²) in [6.45, 7) is 5.16. The van der Waals surface area contributed by atoms with Crippen molar-refractivity contribution in [1.29, 1.82) is 0 Å². The first kappa shape index (κ1) is 22.3. The lowest BCUT2D eigenvalue weighted by molar-refractivity contribution is -0.144. The van der Waals surface area contributed by atoms with Gasteiger partial charge in [0, 0.05) is 37.8 Å². The predicted molar refractivity (Wildman–Crippen MR) is 126 cm³/mol. The molecular formula is C26H34N4O2. The van der Waals surface area contributed by atoms with Crippen LogP contribution < -0.4 is 5.73 Å². The van der Waals surface area contributed by atoms with Crippen LogP contribution in [-0.4, -0.2) is 52.8 Å². The van der Waals surface area contributed by atoms with E-state index in [9.17, 15) is 9.59 Å². The summed E-state index contributed by atoms with van der Waals surface area (Å²) in [4.78, 5) is 34.5. The van der Waals surface area contributed by atoms with Crippen molar-refractivity contribution >= 4 is 17.6 Å². The number of likely N-dealkylation sites (tertiary alicyclic amines) is 2. The third-order valence-electron chi connectivity index (χ3n) is 7.38. The van der Waals surface area contributed by atoms with Gasteiger partial charge in [0.25, 0.3) is 5.91 Å². The molecule has 170 valence electrons. The van der Waals surface area contributed by atoms with Crippen molar-refractivity contribution in [1.82, 2.24) is 14.8 Å². The maximum Gasteiger partial charge on any atom is 0.255 e. The summed E-state index contributed by atoms with van der Waals surface area (Å²) in [6.07, 6.45) is 7.26. The summed E-state index contributed by atoms with van der Waals surface area (Å²) >= 11 is 0. The molecule has 2 N–H and O–H groups in total.